The second kappa shape index (κ2) is 5.04. The lowest BCUT2D eigenvalue weighted by Crippen LogP contribution is -2.55. The molecule has 0 aliphatic carbocycles. The standard InChI is InChI=1S/C11H20N4S2/c1-7-5-15(6-8(2)14(7)3)11-9(16-4)10(12)13-17-11/h7-8H,5-6H2,1-4H3,(H2,12,13). The Labute approximate surface area is 111 Å². The molecule has 2 heterocycles. The number of aromatic nitrogens is 1. The van der Waals surface area contributed by atoms with Gasteiger partial charge in [-0.3, -0.25) is 4.90 Å². The molecule has 2 atom stereocenters. The second-order valence-electron chi connectivity index (χ2n) is 4.67. The number of anilines is 2. The van der Waals surface area contributed by atoms with E-state index in [1.807, 2.05) is 0 Å². The van der Waals surface area contributed by atoms with Crippen molar-refractivity contribution in [1.82, 2.24) is 9.27 Å². The molecular weight excluding hydrogens is 252 g/mol. The summed E-state index contributed by atoms with van der Waals surface area (Å²) in [6.45, 7) is 6.64. The monoisotopic (exact) mass is 272 g/mol. The van der Waals surface area contributed by atoms with Gasteiger partial charge in [0.2, 0.25) is 0 Å². The van der Waals surface area contributed by atoms with E-state index in [0.717, 1.165) is 18.0 Å². The van der Waals surface area contributed by atoms with Crippen molar-refractivity contribution in [3.05, 3.63) is 0 Å². The highest BCUT2D eigenvalue weighted by Crippen LogP contribution is 2.38. The fourth-order valence-corrected chi connectivity index (χ4v) is 3.95. The van der Waals surface area contributed by atoms with Crippen molar-refractivity contribution in [2.75, 3.05) is 37.0 Å². The van der Waals surface area contributed by atoms with E-state index in [1.54, 1.807) is 11.8 Å². The minimum absolute atomic E-state index is 0.566. The highest BCUT2D eigenvalue weighted by atomic mass is 32.2. The molecule has 1 aliphatic heterocycles. The zero-order chi connectivity index (χ0) is 12.6. The molecule has 0 aromatic carbocycles. The van der Waals surface area contributed by atoms with Gasteiger partial charge in [0, 0.05) is 25.2 Å². The number of hydrogen-bond acceptors (Lipinski definition) is 6. The lowest BCUT2D eigenvalue weighted by atomic mass is 10.1. The van der Waals surface area contributed by atoms with E-state index in [9.17, 15) is 0 Å². The first-order valence-corrected chi connectivity index (χ1v) is 7.80. The summed E-state index contributed by atoms with van der Waals surface area (Å²) >= 11 is 3.22. The van der Waals surface area contributed by atoms with Gasteiger partial charge in [0.25, 0.3) is 0 Å². The Bertz CT molecular complexity index is 381. The van der Waals surface area contributed by atoms with Gasteiger partial charge >= 0.3 is 0 Å². The molecule has 4 nitrogen and oxygen atoms in total. The lowest BCUT2D eigenvalue weighted by Gasteiger charge is -2.43. The summed E-state index contributed by atoms with van der Waals surface area (Å²) in [5.74, 6) is 0.678. The topological polar surface area (TPSA) is 45.4 Å². The number of likely N-dealkylation sites (N-methyl/N-ethyl adjacent to an activating group) is 1. The molecule has 0 saturated carbocycles. The molecule has 0 radical (unpaired) electrons. The molecule has 2 N–H and O–H groups in total. The van der Waals surface area contributed by atoms with E-state index in [4.69, 9.17) is 5.73 Å². The van der Waals surface area contributed by atoms with E-state index >= 15 is 0 Å². The van der Waals surface area contributed by atoms with Gasteiger partial charge in [-0.25, -0.2) is 0 Å². The van der Waals surface area contributed by atoms with Crippen LogP contribution >= 0.6 is 23.3 Å². The molecule has 1 fully saturated rings. The highest BCUT2D eigenvalue weighted by molar-refractivity contribution is 7.99. The molecule has 0 spiro atoms. The normalized spacial score (nSPS) is 26.5. The van der Waals surface area contributed by atoms with Crippen molar-refractivity contribution >= 4 is 34.1 Å². The van der Waals surface area contributed by atoms with Crippen LogP contribution in [0.25, 0.3) is 0 Å². The molecule has 6 heteroatoms. The summed E-state index contributed by atoms with van der Waals surface area (Å²) in [5.41, 5.74) is 5.90. The average molecular weight is 272 g/mol. The number of piperazine rings is 1. The molecule has 96 valence electrons. The Morgan fingerprint density at radius 3 is 2.47 bits per heavy atom. The van der Waals surface area contributed by atoms with Gasteiger partial charge in [0.15, 0.2) is 5.82 Å². The van der Waals surface area contributed by atoms with Crippen LogP contribution in [0.15, 0.2) is 4.90 Å². The van der Waals surface area contributed by atoms with Crippen LogP contribution in [0.2, 0.25) is 0 Å². The summed E-state index contributed by atoms with van der Waals surface area (Å²) in [7, 11) is 2.20. The van der Waals surface area contributed by atoms with Gasteiger partial charge in [0.05, 0.1) is 4.90 Å². The van der Waals surface area contributed by atoms with E-state index < -0.39 is 0 Å². The lowest BCUT2D eigenvalue weighted by molar-refractivity contribution is 0.170. The van der Waals surface area contributed by atoms with Gasteiger partial charge in [-0.15, -0.1) is 11.8 Å². The first kappa shape index (κ1) is 13.0. The number of nitrogen functional groups attached to an aromatic ring is 1. The van der Waals surface area contributed by atoms with E-state index in [-0.39, 0.29) is 0 Å². The van der Waals surface area contributed by atoms with Gasteiger partial charge in [0.1, 0.15) is 5.00 Å². The summed E-state index contributed by atoms with van der Waals surface area (Å²) in [6.07, 6.45) is 2.06. The van der Waals surface area contributed by atoms with Crippen LogP contribution in [0.4, 0.5) is 10.8 Å². The summed E-state index contributed by atoms with van der Waals surface area (Å²) in [6, 6.07) is 1.13. The van der Waals surface area contributed by atoms with Crippen molar-refractivity contribution < 1.29 is 0 Å². The molecule has 0 bridgehead atoms. The van der Waals surface area contributed by atoms with Crippen LogP contribution in [-0.4, -0.2) is 47.8 Å². The zero-order valence-corrected chi connectivity index (χ0v) is 12.4. The largest absolute Gasteiger partial charge is 0.382 e. The second-order valence-corrected chi connectivity index (χ2v) is 6.24. The number of hydrogen-bond donors (Lipinski definition) is 1. The molecule has 2 unspecified atom stereocenters. The molecule has 1 aromatic rings. The summed E-state index contributed by atoms with van der Waals surface area (Å²) in [4.78, 5) is 5.99. The van der Waals surface area contributed by atoms with E-state index in [1.165, 1.54) is 16.5 Å². The van der Waals surface area contributed by atoms with Gasteiger partial charge in [-0.05, 0) is 38.7 Å². The molecule has 1 aromatic heterocycles. The van der Waals surface area contributed by atoms with Crippen molar-refractivity contribution in [2.45, 2.75) is 30.8 Å². The predicted octanol–water partition coefficient (Wildman–Crippen LogP) is 1.98. The SMILES string of the molecule is CSc1c(N)nsc1N1CC(C)N(C)C(C)C1. The third-order valence-electron chi connectivity index (χ3n) is 3.51. The van der Waals surface area contributed by atoms with E-state index in [0.29, 0.717) is 17.9 Å². The highest BCUT2D eigenvalue weighted by Gasteiger charge is 2.29. The van der Waals surface area contributed by atoms with E-state index in [2.05, 4.69) is 41.3 Å². The molecule has 1 saturated heterocycles. The Balaban J connectivity index is 2.23. The van der Waals surface area contributed by atoms with Gasteiger partial charge < -0.3 is 10.6 Å². The molecule has 2 rings (SSSR count). The van der Waals surface area contributed by atoms with Crippen LogP contribution < -0.4 is 10.6 Å². The maximum absolute atomic E-state index is 5.90. The first-order valence-electron chi connectivity index (χ1n) is 5.80. The molecule has 17 heavy (non-hydrogen) atoms. The Morgan fingerprint density at radius 1 is 1.35 bits per heavy atom. The number of nitrogens with zero attached hydrogens (tertiary/aromatic N) is 3. The third kappa shape index (κ3) is 2.39. The van der Waals surface area contributed by atoms with Crippen LogP contribution in [-0.2, 0) is 0 Å². The quantitative estimate of drug-likeness (QED) is 0.834. The van der Waals surface area contributed by atoms with Crippen molar-refractivity contribution in [1.29, 1.82) is 0 Å². The number of thioether (sulfide) groups is 1. The fourth-order valence-electron chi connectivity index (χ4n) is 2.25. The number of nitrogens with two attached hydrogens (primary N) is 1. The maximum Gasteiger partial charge on any atom is 0.153 e. The molecule has 1 aliphatic rings. The minimum Gasteiger partial charge on any atom is -0.382 e. The predicted molar refractivity (Wildman–Crippen MR) is 77.2 cm³/mol. The summed E-state index contributed by atoms with van der Waals surface area (Å²) < 4.78 is 4.28. The Morgan fingerprint density at radius 2 is 1.94 bits per heavy atom. The zero-order valence-electron chi connectivity index (χ0n) is 10.8. The third-order valence-corrected chi connectivity index (χ3v) is 5.37. The summed E-state index contributed by atoms with van der Waals surface area (Å²) in [5, 5.41) is 1.24. The minimum atomic E-state index is 0.566. The van der Waals surface area contributed by atoms with Crippen LogP contribution in [0.3, 0.4) is 0 Å². The Kier molecular flexibility index (Phi) is 3.85. The van der Waals surface area contributed by atoms with Gasteiger partial charge in [-0.2, -0.15) is 4.37 Å². The van der Waals surface area contributed by atoms with Gasteiger partial charge in [-0.1, -0.05) is 0 Å². The fraction of sp³-hybridized carbons (Fsp3) is 0.727. The van der Waals surface area contributed by atoms with Crippen LogP contribution in [0.1, 0.15) is 13.8 Å². The number of rotatable bonds is 2. The smallest absolute Gasteiger partial charge is 0.153 e. The molecule has 0 amide bonds. The maximum atomic E-state index is 5.90. The first-order chi connectivity index (χ1) is 8.04. The van der Waals surface area contributed by atoms with Crippen molar-refractivity contribution in [3.8, 4) is 0 Å². The molecular formula is C11H20N4S2. The Hall–Kier alpha value is -0.460. The van der Waals surface area contributed by atoms with Crippen LogP contribution in [0.5, 0.6) is 0 Å². The van der Waals surface area contributed by atoms with Crippen molar-refractivity contribution in [2.24, 2.45) is 0 Å². The van der Waals surface area contributed by atoms with Crippen LogP contribution in [0, 0.1) is 0 Å². The average Bonchev–Trinajstić information content (AvgIpc) is 2.66. The van der Waals surface area contributed by atoms with Crippen molar-refractivity contribution in [3.63, 3.8) is 0 Å².